The molecule has 0 fully saturated rings. The number of carbonyl (C=O) groups is 1. The molecule has 2 aromatic carbocycles. The Bertz CT molecular complexity index is 886. The lowest BCUT2D eigenvalue weighted by Gasteiger charge is -2.07. The quantitative estimate of drug-likeness (QED) is 0.592. The van der Waals surface area contributed by atoms with Crippen LogP contribution in [0.4, 0.5) is 0 Å². The molecule has 0 aliphatic heterocycles. The number of hydrogen-bond donors (Lipinski definition) is 1. The number of fused-ring (bicyclic) bond motifs is 1. The Morgan fingerprint density at radius 1 is 1.04 bits per heavy atom. The van der Waals surface area contributed by atoms with Gasteiger partial charge in [0.1, 0.15) is 0 Å². The van der Waals surface area contributed by atoms with E-state index in [2.05, 4.69) is 15.5 Å². The van der Waals surface area contributed by atoms with Gasteiger partial charge in [-0.15, -0.1) is 0 Å². The van der Waals surface area contributed by atoms with Crippen molar-refractivity contribution in [3.05, 3.63) is 77.5 Å². The number of aromatic nitrogens is 1. The predicted molar refractivity (Wildman–Crippen MR) is 92.6 cm³/mol. The Morgan fingerprint density at radius 3 is 2.52 bits per heavy atom. The fourth-order valence-corrected chi connectivity index (χ4v) is 2.43. The number of hydrazone groups is 1. The summed E-state index contributed by atoms with van der Waals surface area (Å²) in [6.45, 7) is 3.74. The van der Waals surface area contributed by atoms with Crippen LogP contribution < -0.4 is 5.43 Å². The smallest absolute Gasteiger partial charge is 0.267 e. The molecule has 1 amide bonds. The first-order chi connectivity index (χ1) is 11.1. The van der Waals surface area contributed by atoms with Crippen LogP contribution in [0, 0.1) is 6.92 Å². The molecule has 1 N–H and O–H groups in total. The lowest BCUT2D eigenvalue weighted by atomic mass is 10.1. The van der Waals surface area contributed by atoms with E-state index in [1.54, 1.807) is 6.07 Å². The first-order valence-corrected chi connectivity index (χ1v) is 7.41. The largest absolute Gasteiger partial charge is 0.272 e. The Labute approximate surface area is 134 Å². The Balaban J connectivity index is 1.90. The van der Waals surface area contributed by atoms with Crippen molar-refractivity contribution >= 4 is 22.5 Å². The van der Waals surface area contributed by atoms with E-state index in [4.69, 9.17) is 0 Å². The van der Waals surface area contributed by atoms with E-state index in [1.807, 2.05) is 68.4 Å². The third kappa shape index (κ3) is 3.26. The van der Waals surface area contributed by atoms with E-state index in [9.17, 15) is 4.79 Å². The van der Waals surface area contributed by atoms with Crippen molar-refractivity contribution < 1.29 is 4.79 Å². The summed E-state index contributed by atoms with van der Waals surface area (Å²) >= 11 is 0. The van der Waals surface area contributed by atoms with Crippen LogP contribution in [0.25, 0.3) is 10.9 Å². The van der Waals surface area contributed by atoms with Crippen LogP contribution in [0.2, 0.25) is 0 Å². The van der Waals surface area contributed by atoms with Gasteiger partial charge in [-0.3, -0.25) is 9.78 Å². The molecule has 0 saturated carbocycles. The molecule has 0 unspecified atom stereocenters. The maximum absolute atomic E-state index is 12.5. The number of nitrogens with one attached hydrogen (secondary N) is 1. The molecule has 3 aromatic rings. The minimum atomic E-state index is -0.234. The second kappa shape index (κ2) is 6.40. The Morgan fingerprint density at radius 2 is 1.74 bits per heavy atom. The van der Waals surface area contributed by atoms with Crippen molar-refractivity contribution in [2.24, 2.45) is 5.10 Å². The standard InChI is InChI=1S/C19H17N3O/c1-13-12-17(16-10-6-7-11-18(16)20-13)19(23)22-21-14(2)15-8-4-3-5-9-15/h3-12H,1-2H3,(H,22,23). The normalized spacial score (nSPS) is 11.5. The lowest BCUT2D eigenvalue weighted by molar-refractivity contribution is 0.0956. The number of amides is 1. The number of carbonyl (C=O) groups excluding carboxylic acids is 1. The number of benzene rings is 2. The fraction of sp³-hybridized carbons (Fsp3) is 0.105. The number of rotatable bonds is 3. The maximum Gasteiger partial charge on any atom is 0.272 e. The van der Waals surface area contributed by atoms with E-state index in [-0.39, 0.29) is 5.91 Å². The summed E-state index contributed by atoms with van der Waals surface area (Å²) in [7, 11) is 0. The highest BCUT2D eigenvalue weighted by Crippen LogP contribution is 2.18. The molecule has 1 heterocycles. The van der Waals surface area contributed by atoms with Gasteiger partial charge in [0.15, 0.2) is 0 Å². The molecule has 4 heteroatoms. The number of para-hydroxylation sites is 1. The molecular weight excluding hydrogens is 286 g/mol. The van der Waals surface area contributed by atoms with E-state index in [0.717, 1.165) is 27.9 Å². The van der Waals surface area contributed by atoms with Gasteiger partial charge in [0.05, 0.1) is 16.8 Å². The summed E-state index contributed by atoms with van der Waals surface area (Å²) < 4.78 is 0. The van der Waals surface area contributed by atoms with Crippen LogP contribution in [0.3, 0.4) is 0 Å². The van der Waals surface area contributed by atoms with E-state index in [0.29, 0.717) is 5.56 Å². The van der Waals surface area contributed by atoms with Gasteiger partial charge in [-0.25, -0.2) is 5.43 Å². The van der Waals surface area contributed by atoms with Gasteiger partial charge in [-0.2, -0.15) is 5.10 Å². The molecule has 0 bridgehead atoms. The second-order valence-corrected chi connectivity index (χ2v) is 5.33. The Hall–Kier alpha value is -3.01. The minimum Gasteiger partial charge on any atom is -0.267 e. The molecule has 3 rings (SSSR count). The molecular formula is C19H17N3O. The SMILES string of the molecule is CC(=NNC(=O)c1cc(C)nc2ccccc12)c1ccccc1. The zero-order valence-corrected chi connectivity index (χ0v) is 13.1. The zero-order chi connectivity index (χ0) is 16.2. The van der Waals surface area contributed by atoms with Gasteiger partial charge in [-0.05, 0) is 31.5 Å². The average Bonchev–Trinajstić information content (AvgIpc) is 2.59. The first kappa shape index (κ1) is 14.9. The molecule has 4 nitrogen and oxygen atoms in total. The van der Waals surface area contributed by atoms with Gasteiger partial charge in [0, 0.05) is 11.1 Å². The van der Waals surface area contributed by atoms with Gasteiger partial charge >= 0.3 is 0 Å². The highest BCUT2D eigenvalue weighted by atomic mass is 16.2. The van der Waals surface area contributed by atoms with Crippen LogP contribution in [0.15, 0.2) is 65.8 Å². The van der Waals surface area contributed by atoms with Crippen molar-refractivity contribution in [1.29, 1.82) is 0 Å². The van der Waals surface area contributed by atoms with Crippen molar-refractivity contribution in [2.45, 2.75) is 13.8 Å². The number of nitrogens with zero attached hydrogens (tertiary/aromatic N) is 2. The molecule has 0 atom stereocenters. The number of aryl methyl sites for hydroxylation is 1. The van der Waals surface area contributed by atoms with Crippen LogP contribution in [-0.4, -0.2) is 16.6 Å². The van der Waals surface area contributed by atoms with Crippen LogP contribution in [-0.2, 0) is 0 Å². The van der Waals surface area contributed by atoms with Crippen molar-refractivity contribution in [2.75, 3.05) is 0 Å². The van der Waals surface area contributed by atoms with Crippen LogP contribution >= 0.6 is 0 Å². The second-order valence-electron chi connectivity index (χ2n) is 5.33. The number of hydrogen-bond acceptors (Lipinski definition) is 3. The summed E-state index contributed by atoms with van der Waals surface area (Å²) in [5, 5.41) is 5.03. The third-order valence-electron chi connectivity index (χ3n) is 3.61. The average molecular weight is 303 g/mol. The zero-order valence-electron chi connectivity index (χ0n) is 13.1. The van der Waals surface area contributed by atoms with Crippen molar-refractivity contribution in [3.8, 4) is 0 Å². The van der Waals surface area contributed by atoms with E-state index >= 15 is 0 Å². The van der Waals surface area contributed by atoms with Crippen molar-refractivity contribution in [3.63, 3.8) is 0 Å². The third-order valence-corrected chi connectivity index (χ3v) is 3.61. The van der Waals surface area contributed by atoms with Gasteiger partial charge in [0.2, 0.25) is 0 Å². The van der Waals surface area contributed by atoms with Gasteiger partial charge < -0.3 is 0 Å². The summed E-state index contributed by atoms with van der Waals surface area (Å²) in [4.78, 5) is 16.9. The molecule has 0 aliphatic carbocycles. The first-order valence-electron chi connectivity index (χ1n) is 7.41. The Kier molecular flexibility index (Phi) is 4.15. The van der Waals surface area contributed by atoms with Gasteiger partial charge in [-0.1, -0.05) is 48.5 Å². The molecule has 0 radical (unpaired) electrons. The van der Waals surface area contributed by atoms with Crippen LogP contribution in [0.5, 0.6) is 0 Å². The molecule has 0 aliphatic rings. The molecule has 23 heavy (non-hydrogen) atoms. The van der Waals surface area contributed by atoms with E-state index < -0.39 is 0 Å². The van der Waals surface area contributed by atoms with Crippen LogP contribution in [0.1, 0.15) is 28.5 Å². The minimum absolute atomic E-state index is 0.234. The number of pyridine rings is 1. The molecule has 1 aromatic heterocycles. The molecule has 0 spiro atoms. The summed E-state index contributed by atoms with van der Waals surface area (Å²) in [5.41, 5.74) is 6.56. The van der Waals surface area contributed by atoms with Gasteiger partial charge in [0.25, 0.3) is 5.91 Å². The van der Waals surface area contributed by atoms with Crippen molar-refractivity contribution in [1.82, 2.24) is 10.4 Å². The summed E-state index contributed by atoms with van der Waals surface area (Å²) in [6, 6.07) is 19.1. The molecule has 0 saturated heterocycles. The highest BCUT2D eigenvalue weighted by molar-refractivity contribution is 6.07. The fourth-order valence-electron chi connectivity index (χ4n) is 2.43. The topological polar surface area (TPSA) is 54.4 Å². The van der Waals surface area contributed by atoms with E-state index in [1.165, 1.54) is 0 Å². The highest BCUT2D eigenvalue weighted by Gasteiger charge is 2.11. The summed E-state index contributed by atoms with van der Waals surface area (Å²) in [6.07, 6.45) is 0. The molecule has 114 valence electrons. The maximum atomic E-state index is 12.5. The predicted octanol–water partition coefficient (Wildman–Crippen LogP) is 3.70. The lowest BCUT2D eigenvalue weighted by Crippen LogP contribution is -2.20. The monoisotopic (exact) mass is 303 g/mol. The summed E-state index contributed by atoms with van der Waals surface area (Å²) in [5.74, 6) is -0.234.